The molecule has 0 saturated carbocycles. The average Bonchev–Trinajstić information content (AvgIpc) is 2.71. The minimum absolute atomic E-state index is 0.227. The SMILES string of the molecule is COC(=O)/C=C/c1ccc(OC(=O)COc2cccc(C(C)C)c2)c(OC)c1. The van der Waals surface area contributed by atoms with Gasteiger partial charge in [-0.2, -0.15) is 0 Å². The summed E-state index contributed by atoms with van der Waals surface area (Å²) in [6.07, 6.45) is 2.87. The van der Waals surface area contributed by atoms with Crippen LogP contribution in [0.15, 0.2) is 48.5 Å². The van der Waals surface area contributed by atoms with E-state index >= 15 is 0 Å². The molecule has 0 fully saturated rings. The molecule has 0 unspecified atom stereocenters. The average molecular weight is 384 g/mol. The zero-order valence-electron chi connectivity index (χ0n) is 16.4. The van der Waals surface area contributed by atoms with E-state index < -0.39 is 11.9 Å². The zero-order chi connectivity index (χ0) is 20.5. The number of hydrogen-bond acceptors (Lipinski definition) is 6. The lowest BCUT2D eigenvalue weighted by Gasteiger charge is -2.12. The molecule has 2 aromatic carbocycles. The van der Waals surface area contributed by atoms with E-state index in [9.17, 15) is 9.59 Å². The Hall–Kier alpha value is -3.28. The molecular formula is C22H24O6. The Balaban J connectivity index is 2.00. The maximum Gasteiger partial charge on any atom is 0.349 e. The highest BCUT2D eigenvalue weighted by Crippen LogP contribution is 2.29. The normalized spacial score (nSPS) is 10.8. The van der Waals surface area contributed by atoms with Gasteiger partial charge in [0.15, 0.2) is 18.1 Å². The highest BCUT2D eigenvalue weighted by Gasteiger charge is 2.12. The van der Waals surface area contributed by atoms with Crippen LogP contribution in [0.25, 0.3) is 6.08 Å². The molecular weight excluding hydrogens is 360 g/mol. The van der Waals surface area contributed by atoms with Gasteiger partial charge in [-0.25, -0.2) is 9.59 Å². The van der Waals surface area contributed by atoms with Gasteiger partial charge in [-0.3, -0.25) is 0 Å². The van der Waals surface area contributed by atoms with Crippen LogP contribution in [0, 0.1) is 0 Å². The van der Waals surface area contributed by atoms with Gasteiger partial charge in [-0.1, -0.05) is 32.0 Å². The van der Waals surface area contributed by atoms with Crippen LogP contribution in [0.2, 0.25) is 0 Å². The molecule has 148 valence electrons. The van der Waals surface area contributed by atoms with Crippen molar-refractivity contribution in [1.82, 2.24) is 0 Å². The van der Waals surface area contributed by atoms with Gasteiger partial charge in [0.2, 0.25) is 0 Å². The molecule has 0 saturated heterocycles. The first-order chi connectivity index (χ1) is 13.4. The Labute approximate surface area is 164 Å². The van der Waals surface area contributed by atoms with Gasteiger partial charge in [-0.15, -0.1) is 0 Å². The second-order valence-electron chi connectivity index (χ2n) is 6.26. The van der Waals surface area contributed by atoms with Gasteiger partial charge in [0.05, 0.1) is 14.2 Å². The van der Waals surface area contributed by atoms with E-state index in [2.05, 4.69) is 18.6 Å². The first-order valence-corrected chi connectivity index (χ1v) is 8.80. The topological polar surface area (TPSA) is 71.1 Å². The van der Waals surface area contributed by atoms with Crippen LogP contribution < -0.4 is 14.2 Å². The Morgan fingerprint density at radius 3 is 2.50 bits per heavy atom. The molecule has 0 radical (unpaired) electrons. The van der Waals surface area contributed by atoms with Crippen LogP contribution in [0.5, 0.6) is 17.2 Å². The van der Waals surface area contributed by atoms with E-state index in [1.165, 1.54) is 20.3 Å². The van der Waals surface area contributed by atoms with E-state index in [4.69, 9.17) is 14.2 Å². The summed E-state index contributed by atoms with van der Waals surface area (Å²) in [5.74, 6) is 0.591. The molecule has 0 N–H and O–H groups in total. The fourth-order valence-corrected chi connectivity index (χ4v) is 2.36. The van der Waals surface area contributed by atoms with Gasteiger partial charge in [-0.05, 0) is 47.4 Å². The fraction of sp³-hybridized carbons (Fsp3) is 0.273. The van der Waals surface area contributed by atoms with Crippen molar-refractivity contribution in [3.63, 3.8) is 0 Å². The zero-order valence-corrected chi connectivity index (χ0v) is 16.4. The van der Waals surface area contributed by atoms with E-state index in [1.54, 1.807) is 30.3 Å². The second-order valence-corrected chi connectivity index (χ2v) is 6.26. The molecule has 2 rings (SSSR count). The summed E-state index contributed by atoms with van der Waals surface area (Å²) in [4.78, 5) is 23.3. The number of carbonyl (C=O) groups excluding carboxylic acids is 2. The van der Waals surface area contributed by atoms with Gasteiger partial charge in [0.25, 0.3) is 0 Å². The summed E-state index contributed by atoms with van der Waals surface area (Å²) >= 11 is 0. The van der Waals surface area contributed by atoms with Crippen LogP contribution >= 0.6 is 0 Å². The van der Waals surface area contributed by atoms with Gasteiger partial charge in [0, 0.05) is 6.08 Å². The molecule has 28 heavy (non-hydrogen) atoms. The van der Waals surface area contributed by atoms with E-state index in [0.29, 0.717) is 23.0 Å². The Kier molecular flexibility index (Phi) is 7.63. The Bertz CT molecular complexity index is 854. The van der Waals surface area contributed by atoms with E-state index in [0.717, 1.165) is 5.56 Å². The molecule has 0 aliphatic heterocycles. The molecule has 0 heterocycles. The monoisotopic (exact) mass is 384 g/mol. The van der Waals surface area contributed by atoms with Crippen LogP contribution in [0.4, 0.5) is 0 Å². The lowest BCUT2D eigenvalue weighted by molar-refractivity contribution is -0.137. The van der Waals surface area contributed by atoms with Gasteiger partial charge < -0.3 is 18.9 Å². The Morgan fingerprint density at radius 2 is 1.82 bits per heavy atom. The number of ether oxygens (including phenoxy) is 4. The van der Waals surface area contributed by atoms with Crippen molar-refractivity contribution in [3.8, 4) is 17.2 Å². The summed E-state index contributed by atoms with van der Waals surface area (Å²) in [6.45, 7) is 3.95. The lowest BCUT2D eigenvalue weighted by atomic mass is 10.0. The number of benzene rings is 2. The highest BCUT2D eigenvalue weighted by molar-refractivity contribution is 5.87. The third-order valence-electron chi connectivity index (χ3n) is 3.91. The summed E-state index contributed by atoms with van der Waals surface area (Å²) < 4.78 is 20.7. The molecule has 6 heteroatoms. The third-order valence-corrected chi connectivity index (χ3v) is 3.91. The molecule has 0 aliphatic carbocycles. The van der Waals surface area contributed by atoms with Crippen molar-refractivity contribution in [2.45, 2.75) is 19.8 Å². The highest BCUT2D eigenvalue weighted by atomic mass is 16.6. The van der Waals surface area contributed by atoms with Crippen molar-refractivity contribution >= 4 is 18.0 Å². The van der Waals surface area contributed by atoms with E-state index in [-0.39, 0.29) is 12.4 Å². The summed E-state index contributed by atoms with van der Waals surface area (Å²) in [6, 6.07) is 12.5. The van der Waals surface area contributed by atoms with Crippen molar-refractivity contribution in [2.24, 2.45) is 0 Å². The van der Waals surface area contributed by atoms with Crippen LogP contribution in [-0.2, 0) is 14.3 Å². The number of rotatable bonds is 8. The summed E-state index contributed by atoms with van der Waals surface area (Å²) in [5.41, 5.74) is 1.83. The van der Waals surface area contributed by atoms with Crippen molar-refractivity contribution in [2.75, 3.05) is 20.8 Å². The quantitative estimate of drug-likeness (QED) is 0.389. The van der Waals surface area contributed by atoms with Crippen molar-refractivity contribution < 1.29 is 28.5 Å². The molecule has 2 aromatic rings. The molecule has 0 bridgehead atoms. The minimum Gasteiger partial charge on any atom is -0.493 e. The van der Waals surface area contributed by atoms with E-state index in [1.807, 2.05) is 18.2 Å². The minimum atomic E-state index is -0.550. The number of hydrogen-bond donors (Lipinski definition) is 0. The molecule has 0 aliphatic rings. The van der Waals surface area contributed by atoms with Crippen molar-refractivity contribution in [3.05, 3.63) is 59.7 Å². The molecule has 0 spiro atoms. The number of esters is 2. The molecule has 0 amide bonds. The van der Waals surface area contributed by atoms with Crippen LogP contribution in [-0.4, -0.2) is 32.8 Å². The molecule has 0 aromatic heterocycles. The van der Waals surface area contributed by atoms with Gasteiger partial charge in [0.1, 0.15) is 5.75 Å². The largest absolute Gasteiger partial charge is 0.493 e. The van der Waals surface area contributed by atoms with Crippen LogP contribution in [0.3, 0.4) is 0 Å². The molecule has 0 atom stereocenters. The van der Waals surface area contributed by atoms with Crippen molar-refractivity contribution in [1.29, 1.82) is 0 Å². The maximum atomic E-state index is 12.1. The first-order valence-electron chi connectivity index (χ1n) is 8.80. The number of carbonyl (C=O) groups is 2. The summed E-state index contributed by atoms with van der Waals surface area (Å²) in [7, 11) is 2.77. The van der Waals surface area contributed by atoms with Gasteiger partial charge >= 0.3 is 11.9 Å². The third kappa shape index (κ3) is 6.16. The predicted octanol–water partition coefficient (Wildman–Crippen LogP) is 3.99. The number of methoxy groups -OCH3 is 2. The smallest absolute Gasteiger partial charge is 0.349 e. The molecule has 6 nitrogen and oxygen atoms in total. The van der Waals surface area contributed by atoms with Crippen LogP contribution in [0.1, 0.15) is 30.9 Å². The first kappa shape index (κ1) is 21.0. The summed E-state index contributed by atoms with van der Waals surface area (Å²) in [5, 5.41) is 0. The predicted molar refractivity (Wildman–Crippen MR) is 106 cm³/mol. The Morgan fingerprint density at radius 1 is 1.04 bits per heavy atom. The fourth-order valence-electron chi connectivity index (χ4n) is 2.36. The standard InChI is InChI=1S/C22H24O6/c1-15(2)17-6-5-7-18(13-17)27-14-22(24)28-19-10-8-16(12-20(19)25-3)9-11-21(23)26-4/h5-13,15H,14H2,1-4H3/b11-9+. The maximum absolute atomic E-state index is 12.1. The second kappa shape index (κ2) is 10.2. The lowest BCUT2D eigenvalue weighted by Crippen LogP contribution is -2.18.